The van der Waals surface area contributed by atoms with Crippen molar-refractivity contribution in [2.75, 3.05) is 5.75 Å². The standard InChI is InChI=1S/C16H22BFO2S/c1-11-7-8-13(9-14(11)21-10-15(3,4)18)17-19-12(2)16(5,6)20-17/h7-9H,2,10H2,1,3-6H3. The molecule has 0 saturated carbocycles. The van der Waals surface area contributed by atoms with Crippen molar-refractivity contribution in [2.24, 2.45) is 0 Å². The van der Waals surface area contributed by atoms with Gasteiger partial charge >= 0.3 is 7.12 Å². The van der Waals surface area contributed by atoms with Crippen LogP contribution in [0.1, 0.15) is 33.3 Å². The molecular formula is C16H22BFO2S. The van der Waals surface area contributed by atoms with Crippen molar-refractivity contribution in [2.45, 2.75) is 50.8 Å². The number of alkyl halides is 1. The van der Waals surface area contributed by atoms with Crippen LogP contribution < -0.4 is 5.46 Å². The number of hydrogen-bond donors (Lipinski definition) is 0. The largest absolute Gasteiger partial charge is 0.563 e. The molecule has 0 N–H and O–H groups in total. The Morgan fingerprint density at radius 1 is 1.38 bits per heavy atom. The van der Waals surface area contributed by atoms with Crippen LogP contribution in [-0.4, -0.2) is 24.1 Å². The predicted molar refractivity (Wildman–Crippen MR) is 87.9 cm³/mol. The van der Waals surface area contributed by atoms with E-state index in [0.717, 1.165) is 15.9 Å². The van der Waals surface area contributed by atoms with Crippen molar-refractivity contribution in [3.8, 4) is 0 Å². The Bertz CT molecular complexity index is 552. The smallest absolute Gasteiger partial charge is 0.534 e. The normalized spacial score (nSPS) is 18.0. The van der Waals surface area contributed by atoms with E-state index in [-0.39, 0.29) is 0 Å². The molecule has 2 nitrogen and oxygen atoms in total. The topological polar surface area (TPSA) is 18.5 Å². The second kappa shape index (κ2) is 5.69. The van der Waals surface area contributed by atoms with Gasteiger partial charge in [-0.1, -0.05) is 18.7 Å². The van der Waals surface area contributed by atoms with Crippen LogP contribution in [0, 0.1) is 6.92 Å². The second-order valence-electron chi connectivity index (χ2n) is 6.53. The van der Waals surface area contributed by atoms with Crippen LogP contribution in [0.25, 0.3) is 0 Å². The molecule has 1 saturated heterocycles. The molecule has 0 unspecified atom stereocenters. The van der Waals surface area contributed by atoms with Gasteiger partial charge in [-0.15, -0.1) is 11.8 Å². The first-order chi connectivity index (χ1) is 9.58. The molecule has 1 fully saturated rings. The highest BCUT2D eigenvalue weighted by Crippen LogP contribution is 2.31. The Morgan fingerprint density at radius 2 is 2.05 bits per heavy atom. The maximum atomic E-state index is 13.7. The predicted octanol–water partition coefficient (Wildman–Crippen LogP) is 3.87. The lowest BCUT2D eigenvalue weighted by Crippen LogP contribution is -2.34. The molecule has 1 aliphatic rings. The lowest BCUT2D eigenvalue weighted by molar-refractivity contribution is 0.173. The molecule has 0 atom stereocenters. The zero-order valence-electron chi connectivity index (χ0n) is 13.3. The van der Waals surface area contributed by atoms with Gasteiger partial charge in [0.15, 0.2) is 0 Å². The summed E-state index contributed by atoms with van der Waals surface area (Å²) in [6.45, 7) is 13.0. The first-order valence-electron chi connectivity index (χ1n) is 7.05. The minimum Gasteiger partial charge on any atom is -0.534 e. The molecule has 0 radical (unpaired) electrons. The Kier molecular flexibility index (Phi) is 4.45. The summed E-state index contributed by atoms with van der Waals surface area (Å²) in [7, 11) is -0.439. The van der Waals surface area contributed by atoms with Gasteiger partial charge in [-0.3, -0.25) is 0 Å². The van der Waals surface area contributed by atoms with Crippen molar-refractivity contribution in [3.05, 3.63) is 36.1 Å². The third-order valence-electron chi connectivity index (χ3n) is 3.38. The number of thioether (sulfide) groups is 1. The molecule has 1 aliphatic heterocycles. The van der Waals surface area contributed by atoms with E-state index in [9.17, 15) is 4.39 Å². The van der Waals surface area contributed by atoms with Crippen LogP contribution in [0.4, 0.5) is 4.39 Å². The molecule has 0 bridgehead atoms. The first-order valence-corrected chi connectivity index (χ1v) is 8.03. The Hall–Kier alpha value is -0.935. The minimum atomic E-state index is -1.19. The first kappa shape index (κ1) is 16.4. The van der Waals surface area contributed by atoms with Gasteiger partial charge in [0, 0.05) is 10.6 Å². The van der Waals surface area contributed by atoms with E-state index >= 15 is 0 Å². The maximum Gasteiger partial charge on any atom is 0.563 e. The van der Waals surface area contributed by atoms with Crippen LogP contribution in [0.2, 0.25) is 0 Å². The van der Waals surface area contributed by atoms with Gasteiger partial charge in [-0.2, -0.15) is 0 Å². The fraction of sp³-hybridized carbons (Fsp3) is 0.500. The zero-order chi connectivity index (χ0) is 15.8. The quantitative estimate of drug-likeness (QED) is 0.621. The number of hydrogen-bond acceptors (Lipinski definition) is 3. The van der Waals surface area contributed by atoms with Crippen molar-refractivity contribution in [3.63, 3.8) is 0 Å². The summed E-state index contributed by atoms with van der Waals surface area (Å²) in [5.41, 5.74) is 0.392. The minimum absolute atomic E-state index is 0.419. The summed E-state index contributed by atoms with van der Waals surface area (Å²) in [4.78, 5) is 1.06. The van der Waals surface area contributed by atoms with Crippen LogP contribution in [0.15, 0.2) is 35.4 Å². The molecule has 0 amide bonds. The Balaban J connectivity index is 2.18. The zero-order valence-corrected chi connectivity index (χ0v) is 14.1. The summed E-state index contributed by atoms with van der Waals surface area (Å²) in [5, 5.41) is 0. The van der Waals surface area contributed by atoms with Crippen LogP contribution in [-0.2, 0) is 9.31 Å². The van der Waals surface area contributed by atoms with Gasteiger partial charge in [-0.25, -0.2) is 4.39 Å². The van der Waals surface area contributed by atoms with E-state index in [1.807, 2.05) is 39.0 Å². The molecule has 5 heteroatoms. The number of halogens is 1. The van der Waals surface area contributed by atoms with Crippen LogP contribution >= 0.6 is 11.8 Å². The third-order valence-corrected chi connectivity index (χ3v) is 4.96. The summed E-state index contributed by atoms with van der Waals surface area (Å²) in [6.07, 6.45) is 0. The fourth-order valence-electron chi connectivity index (χ4n) is 1.93. The van der Waals surface area contributed by atoms with Gasteiger partial charge < -0.3 is 9.31 Å². The summed E-state index contributed by atoms with van der Waals surface area (Å²) in [6, 6.07) is 6.02. The van der Waals surface area contributed by atoms with Gasteiger partial charge in [0.25, 0.3) is 0 Å². The summed E-state index contributed by atoms with van der Waals surface area (Å²) in [5.74, 6) is 1.05. The highest BCUT2D eigenvalue weighted by atomic mass is 32.2. The van der Waals surface area contributed by atoms with Gasteiger partial charge in [0.2, 0.25) is 0 Å². The highest BCUT2D eigenvalue weighted by Gasteiger charge is 2.42. The molecule has 1 heterocycles. The molecule has 21 heavy (non-hydrogen) atoms. The SMILES string of the molecule is C=C1OB(c2ccc(C)c(SCC(C)(C)F)c2)OC1(C)C. The maximum absolute atomic E-state index is 13.7. The average molecular weight is 308 g/mol. The molecule has 0 spiro atoms. The van der Waals surface area contributed by atoms with E-state index in [0.29, 0.717) is 11.5 Å². The molecule has 1 aromatic rings. The molecule has 1 aromatic carbocycles. The van der Waals surface area contributed by atoms with Gasteiger partial charge in [-0.05, 0) is 51.7 Å². The van der Waals surface area contributed by atoms with E-state index in [1.54, 1.807) is 13.8 Å². The monoisotopic (exact) mass is 308 g/mol. The molecule has 0 aromatic heterocycles. The average Bonchev–Trinajstić information content (AvgIpc) is 2.62. The summed E-state index contributed by atoms with van der Waals surface area (Å²) >= 11 is 1.52. The van der Waals surface area contributed by atoms with E-state index in [2.05, 4.69) is 6.58 Å². The lowest BCUT2D eigenvalue weighted by Gasteiger charge is -2.16. The summed E-state index contributed by atoms with van der Waals surface area (Å²) < 4.78 is 25.3. The van der Waals surface area contributed by atoms with Crippen molar-refractivity contribution in [1.29, 1.82) is 0 Å². The van der Waals surface area contributed by atoms with E-state index in [1.165, 1.54) is 11.8 Å². The number of aryl methyl sites for hydroxylation is 1. The van der Waals surface area contributed by atoms with Crippen molar-refractivity contribution in [1.82, 2.24) is 0 Å². The van der Waals surface area contributed by atoms with E-state index < -0.39 is 18.4 Å². The molecule has 114 valence electrons. The van der Waals surface area contributed by atoms with E-state index in [4.69, 9.17) is 9.31 Å². The van der Waals surface area contributed by atoms with Crippen LogP contribution in [0.3, 0.4) is 0 Å². The Labute approximate surface area is 131 Å². The number of benzene rings is 1. The fourth-order valence-corrected chi connectivity index (χ4v) is 2.95. The van der Waals surface area contributed by atoms with Crippen LogP contribution in [0.5, 0.6) is 0 Å². The third kappa shape index (κ3) is 4.04. The second-order valence-corrected chi connectivity index (χ2v) is 7.55. The van der Waals surface area contributed by atoms with Gasteiger partial charge in [0.05, 0.1) is 5.76 Å². The van der Waals surface area contributed by atoms with Crippen molar-refractivity contribution < 1.29 is 13.7 Å². The molecule has 2 rings (SSSR count). The molecule has 0 aliphatic carbocycles. The lowest BCUT2D eigenvalue weighted by atomic mass is 9.79. The van der Waals surface area contributed by atoms with Crippen molar-refractivity contribution >= 4 is 24.3 Å². The Morgan fingerprint density at radius 3 is 2.57 bits per heavy atom. The highest BCUT2D eigenvalue weighted by molar-refractivity contribution is 7.99. The van der Waals surface area contributed by atoms with Gasteiger partial charge in [0.1, 0.15) is 11.3 Å². The molecular weight excluding hydrogens is 286 g/mol. The number of rotatable bonds is 4.